The highest BCUT2D eigenvalue weighted by Gasteiger charge is 2.28. The van der Waals surface area contributed by atoms with Crippen molar-refractivity contribution in [1.82, 2.24) is 0 Å². The molecule has 3 atom stereocenters. The molecule has 1 aromatic carbocycles. The topological polar surface area (TPSA) is 0 Å². The second kappa shape index (κ2) is 3.80. The van der Waals surface area contributed by atoms with Gasteiger partial charge in [0.15, 0.2) is 0 Å². The van der Waals surface area contributed by atoms with Gasteiger partial charge in [0.1, 0.15) is 0 Å². The fraction of sp³-hybridized carbons (Fsp3) is 0.500. The quantitative estimate of drug-likeness (QED) is 0.600. The Balaban J connectivity index is 2.12. The first-order valence-corrected chi connectivity index (χ1v) is 6.78. The van der Waals surface area contributed by atoms with Crippen LogP contribution in [0, 0.1) is 11.8 Å². The zero-order valence-electron chi connectivity index (χ0n) is 8.40. The lowest BCUT2D eigenvalue weighted by Crippen LogP contribution is -2.01. The largest absolute Gasteiger partial charge is 0.0748 e. The van der Waals surface area contributed by atoms with Crippen molar-refractivity contribution >= 4 is 13.2 Å². The maximum Gasteiger partial charge on any atom is -0.0240 e. The maximum atomic E-state index is 2.40. The van der Waals surface area contributed by atoms with Gasteiger partial charge in [-0.25, -0.2) is 0 Å². The predicted octanol–water partition coefficient (Wildman–Crippen LogP) is 3.08. The van der Waals surface area contributed by atoms with Crippen LogP contribution in [0.15, 0.2) is 30.3 Å². The highest BCUT2D eigenvalue weighted by Crippen LogP contribution is 2.47. The average Bonchev–Trinajstić information content (AvgIpc) is 2.49. The molecule has 0 radical (unpaired) electrons. The lowest BCUT2D eigenvalue weighted by Gasteiger charge is -2.09. The van der Waals surface area contributed by atoms with Crippen molar-refractivity contribution < 1.29 is 0 Å². The van der Waals surface area contributed by atoms with Crippen molar-refractivity contribution in [3.63, 3.8) is 0 Å². The van der Waals surface area contributed by atoms with Gasteiger partial charge in [-0.05, 0) is 29.5 Å². The smallest absolute Gasteiger partial charge is 0.0240 e. The van der Waals surface area contributed by atoms with E-state index in [9.17, 15) is 0 Å². The molecule has 0 nitrogen and oxygen atoms in total. The minimum Gasteiger partial charge on any atom is -0.0748 e. The summed E-state index contributed by atoms with van der Waals surface area (Å²) in [5.74, 6) is 1.87. The molecule has 1 saturated heterocycles. The molecule has 1 aliphatic rings. The van der Waals surface area contributed by atoms with Crippen LogP contribution < -0.4 is 5.30 Å². The van der Waals surface area contributed by atoms with Crippen LogP contribution in [-0.4, -0.2) is 12.3 Å². The summed E-state index contributed by atoms with van der Waals surface area (Å²) in [4.78, 5) is 0. The highest BCUT2D eigenvalue weighted by atomic mass is 31.1. The number of rotatable bonds is 1. The summed E-state index contributed by atoms with van der Waals surface area (Å²) in [6, 6.07) is 11.1. The summed E-state index contributed by atoms with van der Waals surface area (Å²) in [6.07, 6.45) is 2.89. The van der Waals surface area contributed by atoms with Crippen molar-refractivity contribution in [3.8, 4) is 0 Å². The second-order valence-corrected chi connectivity index (χ2v) is 6.52. The van der Waals surface area contributed by atoms with E-state index in [2.05, 4.69) is 44.2 Å². The summed E-state index contributed by atoms with van der Waals surface area (Å²) in [6.45, 7) is 4.80. The SMILES string of the molecule is C[C@@H]1CP(c2ccccc2)C[C@@H]1C. The van der Waals surface area contributed by atoms with E-state index in [0.717, 1.165) is 11.8 Å². The molecule has 0 spiro atoms. The second-order valence-electron chi connectivity index (χ2n) is 4.20. The monoisotopic (exact) mass is 192 g/mol. The molecule has 1 heterocycles. The van der Waals surface area contributed by atoms with Gasteiger partial charge in [0, 0.05) is 0 Å². The van der Waals surface area contributed by atoms with Gasteiger partial charge >= 0.3 is 0 Å². The fourth-order valence-corrected chi connectivity index (χ4v) is 5.25. The van der Waals surface area contributed by atoms with Gasteiger partial charge in [-0.2, -0.15) is 0 Å². The van der Waals surface area contributed by atoms with E-state index < -0.39 is 0 Å². The van der Waals surface area contributed by atoms with E-state index in [-0.39, 0.29) is 7.92 Å². The summed E-state index contributed by atoms with van der Waals surface area (Å²) >= 11 is 0. The minimum atomic E-state index is 0.181. The van der Waals surface area contributed by atoms with Crippen LogP contribution in [0.5, 0.6) is 0 Å². The van der Waals surface area contributed by atoms with E-state index in [1.807, 2.05) is 0 Å². The lowest BCUT2D eigenvalue weighted by molar-refractivity contribution is 0.494. The summed E-state index contributed by atoms with van der Waals surface area (Å²) < 4.78 is 0. The molecular formula is C12H17P. The molecule has 70 valence electrons. The molecule has 1 heteroatoms. The van der Waals surface area contributed by atoms with Gasteiger partial charge in [0.25, 0.3) is 0 Å². The van der Waals surface area contributed by atoms with Crippen LogP contribution in [0.25, 0.3) is 0 Å². The van der Waals surface area contributed by atoms with Gasteiger partial charge < -0.3 is 0 Å². The van der Waals surface area contributed by atoms with Crippen LogP contribution in [0.3, 0.4) is 0 Å². The van der Waals surface area contributed by atoms with Crippen LogP contribution in [-0.2, 0) is 0 Å². The van der Waals surface area contributed by atoms with Gasteiger partial charge in [0.2, 0.25) is 0 Å². The van der Waals surface area contributed by atoms with Crippen molar-refractivity contribution in [1.29, 1.82) is 0 Å². The molecule has 1 aromatic rings. The molecule has 13 heavy (non-hydrogen) atoms. The van der Waals surface area contributed by atoms with Gasteiger partial charge in [-0.3, -0.25) is 0 Å². The molecule has 0 aliphatic carbocycles. The third kappa shape index (κ3) is 1.94. The number of hydrogen-bond donors (Lipinski definition) is 0. The molecule has 0 bridgehead atoms. The molecule has 1 unspecified atom stereocenters. The molecule has 0 aromatic heterocycles. The zero-order chi connectivity index (χ0) is 9.26. The van der Waals surface area contributed by atoms with Crippen LogP contribution in [0.2, 0.25) is 0 Å². The van der Waals surface area contributed by atoms with Gasteiger partial charge in [-0.15, -0.1) is 0 Å². The van der Waals surface area contributed by atoms with Crippen LogP contribution >= 0.6 is 7.92 Å². The molecule has 0 N–H and O–H groups in total. The Morgan fingerprint density at radius 3 is 2.08 bits per heavy atom. The van der Waals surface area contributed by atoms with Crippen molar-refractivity contribution in [2.45, 2.75) is 13.8 Å². The zero-order valence-corrected chi connectivity index (χ0v) is 9.30. The normalized spacial score (nSPS) is 33.5. The van der Waals surface area contributed by atoms with Crippen molar-refractivity contribution in [2.75, 3.05) is 12.3 Å². The van der Waals surface area contributed by atoms with Crippen molar-refractivity contribution in [2.24, 2.45) is 11.8 Å². The van der Waals surface area contributed by atoms with Crippen LogP contribution in [0.1, 0.15) is 13.8 Å². The van der Waals surface area contributed by atoms with E-state index in [0.29, 0.717) is 0 Å². The van der Waals surface area contributed by atoms with E-state index in [4.69, 9.17) is 0 Å². The number of hydrogen-bond acceptors (Lipinski definition) is 0. The molecule has 0 saturated carbocycles. The first-order chi connectivity index (χ1) is 6.27. The van der Waals surface area contributed by atoms with E-state index >= 15 is 0 Å². The molecule has 1 aliphatic heterocycles. The van der Waals surface area contributed by atoms with Gasteiger partial charge in [-0.1, -0.05) is 52.1 Å². The Morgan fingerprint density at radius 2 is 1.54 bits per heavy atom. The third-order valence-electron chi connectivity index (χ3n) is 3.11. The lowest BCUT2D eigenvalue weighted by atomic mass is 10.0. The Bertz CT molecular complexity index is 258. The maximum absolute atomic E-state index is 2.40. The molecular weight excluding hydrogens is 175 g/mol. The van der Waals surface area contributed by atoms with Crippen LogP contribution in [0.4, 0.5) is 0 Å². The fourth-order valence-electron chi connectivity index (χ4n) is 1.98. The predicted molar refractivity (Wildman–Crippen MR) is 61.1 cm³/mol. The molecule has 0 amide bonds. The number of benzene rings is 1. The highest BCUT2D eigenvalue weighted by molar-refractivity contribution is 7.65. The van der Waals surface area contributed by atoms with Crippen molar-refractivity contribution in [3.05, 3.63) is 30.3 Å². The molecule has 1 fully saturated rings. The summed E-state index contributed by atoms with van der Waals surface area (Å²) in [7, 11) is 0.181. The van der Waals surface area contributed by atoms with Gasteiger partial charge in [0.05, 0.1) is 0 Å². The third-order valence-corrected chi connectivity index (χ3v) is 6.17. The summed E-state index contributed by atoms with van der Waals surface area (Å²) in [5.41, 5.74) is 0. The molecule has 2 rings (SSSR count). The van der Waals surface area contributed by atoms with E-state index in [1.54, 1.807) is 5.30 Å². The minimum absolute atomic E-state index is 0.181. The Morgan fingerprint density at radius 1 is 1.00 bits per heavy atom. The Labute approximate surface area is 82.1 Å². The Kier molecular flexibility index (Phi) is 2.69. The first kappa shape index (κ1) is 9.21. The summed E-state index contributed by atoms with van der Waals surface area (Å²) in [5, 5.41) is 1.61. The van der Waals surface area contributed by atoms with E-state index in [1.165, 1.54) is 12.3 Å². The Hall–Kier alpha value is -0.350. The average molecular weight is 192 g/mol. The standard InChI is InChI=1S/C12H17P/c1-10-8-13(9-11(10)2)12-6-4-3-5-7-12/h3-7,10-11H,8-9H2,1-2H3/t10-,11+,13?. The first-order valence-electron chi connectivity index (χ1n) is 5.07.